The molecule has 1 fully saturated rings. The van der Waals surface area contributed by atoms with Gasteiger partial charge in [-0.2, -0.15) is 13.2 Å². The molecule has 0 saturated carbocycles. The third kappa shape index (κ3) is 5.42. The maximum atomic E-state index is 12.7. The lowest BCUT2D eigenvalue weighted by atomic mass is 10.1. The lowest BCUT2D eigenvalue weighted by Crippen LogP contribution is -2.35. The summed E-state index contributed by atoms with van der Waals surface area (Å²) in [7, 11) is 1.51. The Balaban J connectivity index is 1.66. The summed E-state index contributed by atoms with van der Waals surface area (Å²) in [6, 6.07) is 8.26. The fraction of sp³-hybridized carbons (Fsp3) is 0.350. The molecule has 2 aromatic carbocycles. The molecule has 1 aliphatic rings. The summed E-state index contributed by atoms with van der Waals surface area (Å²) in [6.45, 7) is 1.24. The molecular weight excluding hydrogens is 453 g/mol. The Labute approximate surface area is 174 Å². The Kier molecular flexibility index (Phi) is 6.69. The number of ether oxygens (including phenoxy) is 2. The van der Waals surface area contributed by atoms with Crippen molar-refractivity contribution < 1.29 is 27.4 Å². The topological polar surface area (TPSA) is 59.6 Å². The van der Waals surface area contributed by atoms with Crippen LogP contribution in [0.5, 0.6) is 11.5 Å². The summed E-state index contributed by atoms with van der Waals surface area (Å²) >= 11 is 3.45. The Morgan fingerprint density at radius 1 is 1.21 bits per heavy atom. The van der Waals surface area contributed by atoms with E-state index in [1.54, 1.807) is 6.07 Å². The number of hydrogen-bond acceptors (Lipinski definition) is 4. The minimum absolute atomic E-state index is 0.00692. The van der Waals surface area contributed by atoms with E-state index in [1.165, 1.54) is 19.2 Å². The molecule has 1 heterocycles. The second-order valence-corrected chi connectivity index (χ2v) is 7.46. The minimum atomic E-state index is -4.37. The Morgan fingerprint density at radius 3 is 2.52 bits per heavy atom. The van der Waals surface area contributed by atoms with Gasteiger partial charge in [-0.3, -0.25) is 4.79 Å². The van der Waals surface area contributed by atoms with Crippen molar-refractivity contribution in [2.24, 2.45) is 0 Å². The molecule has 5 nitrogen and oxygen atoms in total. The third-order valence-electron chi connectivity index (χ3n) is 4.55. The van der Waals surface area contributed by atoms with Gasteiger partial charge in [0.25, 0.3) is 0 Å². The molecule has 2 N–H and O–H groups in total. The van der Waals surface area contributed by atoms with Crippen LogP contribution in [0, 0.1) is 0 Å². The molecule has 1 unspecified atom stereocenters. The Bertz CT molecular complexity index is 873. The summed E-state index contributed by atoms with van der Waals surface area (Å²) in [5.41, 5.74) is 0.799. The number of halogens is 4. The minimum Gasteiger partial charge on any atom is -0.493 e. The number of nitrogens with one attached hydrogen (secondary N) is 2. The molecule has 1 atom stereocenters. The summed E-state index contributed by atoms with van der Waals surface area (Å²) in [5, 5.41) is 5.97. The molecule has 156 valence electrons. The number of amides is 1. The molecule has 29 heavy (non-hydrogen) atoms. The number of carbonyl (C=O) groups excluding carboxylic acids is 1. The van der Waals surface area contributed by atoms with E-state index in [0.717, 1.165) is 24.1 Å². The first-order valence-electron chi connectivity index (χ1n) is 8.94. The molecule has 3 rings (SSSR count). The summed E-state index contributed by atoms with van der Waals surface area (Å²) < 4.78 is 49.8. The van der Waals surface area contributed by atoms with Crippen LogP contribution in [0.3, 0.4) is 0 Å². The molecular formula is C20H20BrF3N2O3. The highest BCUT2D eigenvalue weighted by Crippen LogP contribution is 2.37. The van der Waals surface area contributed by atoms with Gasteiger partial charge in [0, 0.05) is 13.1 Å². The van der Waals surface area contributed by atoms with Gasteiger partial charge in [-0.25, -0.2) is 0 Å². The van der Waals surface area contributed by atoms with Gasteiger partial charge in [-0.1, -0.05) is 12.1 Å². The molecule has 0 aliphatic carbocycles. The first kappa shape index (κ1) is 21.4. The largest absolute Gasteiger partial charge is 0.493 e. The van der Waals surface area contributed by atoms with Gasteiger partial charge in [0.2, 0.25) is 5.91 Å². The Morgan fingerprint density at radius 2 is 1.93 bits per heavy atom. The van der Waals surface area contributed by atoms with Crippen molar-refractivity contribution in [3.8, 4) is 11.5 Å². The predicted octanol–water partition coefficient (Wildman–Crippen LogP) is 4.03. The third-order valence-corrected chi connectivity index (χ3v) is 5.14. The zero-order valence-corrected chi connectivity index (χ0v) is 17.2. The fourth-order valence-electron chi connectivity index (χ4n) is 2.99. The van der Waals surface area contributed by atoms with Crippen LogP contribution in [0.2, 0.25) is 0 Å². The van der Waals surface area contributed by atoms with Crippen LogP contribution in [0.25, 0.3) is 0 Å². The SMILES string of the molecule is COc1cc(CNC2CCNC2=O)cc(Br)c1OCc1ccc(C(F)(F)F)cc1. The van der Waals surface area contributed by atoms with Crippen molar-refractivity contribution in [3.05, 3.63) is 57.6 Å². The van der Waals surface area contributed by atoms with Crippen molar-refractivity contribution in [1.29, 1.82) is 0 Å². The molecule has 0 aromatic heterocycles. The van der Waals surface area contributed by atoms with Crippen LogP contribution in [0.1, 0.15) is 23.1 Å². The molecule has 1 amide bonds. The average Bonchev–Trinajstić information content (AvgIpc) is 3.09. The van der Waals surface area contributed by atoms with E-state index in [0.29, 0.717) is 34.6 Å². The van der Waals surface area contributed by atoms with Crippen molar-refractivity contribution in [2.75, 3.05) is 13.7 Å². The summed E-state index contributed by atoms with van der Waals surface area (Å²) in [4.78, 5) is 11.6. The fourth-order valence-corrected chi connectivity index (χ4v) is 3.59. The molecule has 1 saturated heterocycles. The van der Waals surface area contributed by atoms with E-state index < -0.39 is 11.7 Å². The zero-order valence-electron chi connectivity index (χ0n) is 15.6. The van der Waals surface area contributed by atoms with E-state index in [2.05, 4.69) is 26.6 Å². The van der Waals surface area contributed by atoms with Crippen molar-refractivity contribution in [1.82, 2.24) is 10.6 Å². The van der Waals surface area contributed by atoms with Gasteiger partial charge < -0.3 is 20.1 Å². The van der Waals surface area contributed by atoms with Crippen molar-refractivity contribution >= 4 is 21.8 Å². The first-order chi connectivity index (χ1) is 13.8. The van der Waals surface area contributed by atoms with Crippen LogP contribution in [-0.2, 0) is 24.1 Å². The van der Waals surface area contributed by atoms with E-state index in [9.17, 15) is 18.0 Å². The van der Waals surface area contributed by atoms with Gasteiger partial charge in [-0.05, 0) is 57.7 Å². The number of rotatable bonds is 7. The van der Waals surface area contributed by atoms with Crippen molar-refractivity contribution in [2.45, 2.75) is 31.8 Å². The normalized spacial score (nSPS) is 16.6. The highest BCUT2D eigenvalue weighted by Gasteiger charge is 2.30. The van der Waals surface area contributed by atoms with Crippen LogP contribution in [0.4, 0.5) is 13.2 Å². The lowest BCUT2D eigenvalue weighted by molar-refractivity contribution is -0.137. The van der Waals surface area contributed by atoms with Gasteiger partial charge in [0.1, 0.15) is 6.61 Å². The number of hydrogen-bond donors (Lipinski definition) is 2. The van der Waals surface area contributed by atoms with Gasteiger partial charge in [0.15, 0.2) is 11.5 Å². The summed E-state index contributed by atoms with van der Waals surface area (Å²) in [5.74, 6) is 0.932. The maximum Gasteiger partial charge on any atom is 0.416 e. The predicted molar refractivity (Wildman–Crippen MR) is 105 cm³/mol. The number of carbonyl (C=O) groups is 1. The van der Waals surface area contributed by atoms with Gasteiger partial charge in [0.05, 0.1) is 23.2 Å². The van der Waals surface area contributed by atoms with Gasteiger partial charge in [-0.15, -0.1) is 0 Å². The average molecular weight is 473 g/mol. The first-order valence-corrected chi connectivity index (χ1v) is 9.73. The standard InChI is InChI=1S/C20H20BrF3N2O3/c1-28-17-9-13(10-26-16-6-7-25-19(16)27)8-15(21)18(17)29-11-12-2-4-14(5-3-12)20(22,23)24/h2-5,8-9,16,26H,6-7,10-11H2,1H3,(H,25,27). The lowest BCUT2D eigenvalue weighted by Gasteiger charge is -2.16. The van der Waals surface area contributed by atoms with E-state index in [-0.39, 0.29) is 18.6 Å². The van der Waals surface area contributed by atoms with E-state index in [1.807, 2.05) is 6.07 Å². The summed E-state index contributed by atoms with van der Waals surface area (Å²) in [6.07, 6.45) is -3.62. The molecule has 0 spiro atoms. The zero-order chi connectivity index (χ0) is 21.0. The second-order valence-electron chi connectivity index (χ2n) is 6.61. The van der Waals surface area contributed by atoms with Crippen LogP contribution in [0.15, 0.2) is 40.9 Å². The Hall–Kier alpha value is -2.26. The quantitative estimate of drug-likeness (QED) is 0.638. The monoisotopic (exact) mass is 472 g/mol. The smallest absolute Gasteiger partial charge is 0.416 e. The highest BCUT2D eigenvalue weighted by atomic mass is 79.9. The molecule has 0 bridgehead atoms. The number of methoxy groups -OCH3 is 1. The maximum absolute atomic E-state index is 12.7. The molecule has 9 heteroatoms. The van der Waals surface area contributed by atoms with Crippen molar-refractivity contribution in [3.63, 3.8) is 0 Å². The van der Waals surface area contributed by atoms with Crippen LogP contribution < -0.4 is 20.1 Å². The van der Waals surface area contributed by atoms with Gasteiger partial charge >= 0.3 is 6.18 Å². The van der Waals surface area contributed by atoms with E-state index in [4.69, 9.17) is 9.47 Å². The number of benzene rings is 2. The highest BCUT2D eigenvalue weighted by molar-refractivity contribution is 9.10. The van der Waals surface area contributed by atoms with Crippen LogP contribution >= 0.6 is 15.9 Å². The van der Waals surface area contributed by atoms with E-state index >= 15 is 0 Å². The van der Waals surface area contributed by atoms with Crippen LogP contribution in [-0.4, -0.2) is 25.6 Å². The second kappa shape index (κ2) is 9.04. The molecule has 1 aliphatic heterocycles. The molecule has 2 aromatic rings. The molecule has 0 radical (unpaired) electrons. The number of alkyl halides is 3.